The highest BCUT2D eigenvalue weighted by Crippen LogP contribution is 2.26. The molecule has 0 atom stereocenters. The smallest absolute Gasteiger partial charge is 0.202 e. The predicted octanol–water partition coefficient (Wildman–Crippen LogP) is 4.11. The van der Waals surface area contributed by atoms with Crippen molar-refractivity contribution in [2.45, 2.75) is 6.92 Å². The van der Waals surface area contributed by atoms with Crippen molar-refractivity contribution in [1.82, 2.24) is 4.98 Å². The maximum Gasteiger partial charge on any atom is 0.202 e. The van der Waals surface area contributed by atoms with E-state index < -0.39 is 0 Å². The van der Waals surface area contributed by atoms with Crippen molar-refractivity contribution < 1.29 is 0 Å². The Bertz CT molecular complexity index is 803. The molecule has 0 unspecified atom stereocenters. The summed E-state index contributed by atoms with van der Waals surface area (Å²) in [5, 5.41) is 0.741. The molecule has 0 amide bonds. The van der Waals surface area contributed by atoms with E-state index in [1.807, 2.05) is 18.2 Å². The van der Waals surface area contributed by atoms with Crippen LogP contribution in [0.25, 0.3) is 22.0 Å². The lowest BCUT2D eigenvalue weighted by Gasteiger charge is -2.07. The second-order valence-electron chi connectivity index (χ2n) is 4.56. The molecule has 2 aromatic carbocycles. The number of para-hydroxylation sites is 1. The molecule has 0 aliphatic carbocycles. The number of halogens is 1. The third-order valence-electron chi connectivity index (χ3n) is 3.23. The van der Waals surface area contributed by atoms with Gasteiger partial charge in [0.15, 0.2) is 0 Å². The van der Waals surface area contributed by atoms with Crippen LogP contribution in [0.4, 0.5) is 0 Å². The lowest BCUT2D eigenvalue weighted by molar-refractivity contribution is 1.36. The summed E-state index contributed by atoms with van der Waals surface area (Å²) in [7, 11) is 0. The highest BCUT2D eigenvalue weighted by molar-refractivity contribution is 14.1. The SMILES string of the molecule is Cc1ccc(-c2cccc3c(=O)c(I)c[nH]c23)cc1. The molecular weight excluding hydrogens is 349 g/mol. The third kappa shape index (κ3) is 2.18. The first-order chi connectivity index (χ1) is 9.16. The summed E-state index contributed by atoms with van der Waals surface area (Å²) >= 11 is 2.06. The zero-order chi connectivity index (χ0) is 13.4. The summed E-state index contributed by atoms with van der Waals surface area (Å²) in [5.41, 5.74) is 4.39. The number of benzene rings is 2. The van der Waals surface area contributed by atoms with Gasteiger partial charge in [-0.25, -0.2) is 0 Å². The Morgan fingerprint density at radius 1 is 1.05 bits per heavy atom. The van der Waals surface area contributed by atoms with Crippen molar-refractivity contribution in [3.63, 3.8) is 0 Å². The molecule has 0 radical (unpaired) electrons. The zero-order valence-corrected chi connectivity index (χ0v) is 12.6. The van der Waals surface area contributed by atoms with E-state index in [4.69, 9.17) is 0 Å². The van der Waals surface area contributed by atoms with Gasteiger partial charge >= 0.3 is 0 Å². The largest absolute Gasteiger partial charge is 0.359 e. The first-order valence-electron chi connectivity index (χ1n) is 6.04. The van der Waals surface area contributed by atoms with Crippen LogP contribution in [-0.2, 0) is 0 Å². The zero-order valence-electron chi connectivity index (χ0n) is 10.4. The van der Waals surface area contributed by atoms with Gasteiger partial charge in [0, 0.05) is 17.1 Å². The Labute approximate surface area is 124 Å². The molecule has 1 N–H and O–H groups in total. The summed E-state index contributed by atoms with van der Waals surface area (Å²) in [4.78, 5) is 15.4. The second-order valence-corrected chi connectivity index (χ2v) is 5.72. The number of rotatable bonds is 1. The van der Waals surface area contributed by atoms with E-state index in [0.717, 1.165) is 22.0 Å². The van der Waals surface area contributed by atoms with Gasteiger partial charge in [-0.3, -0.25) is 4.79 Å². The average Bonchev–Trinajstić information content (AvgIpc) is 2.43. The van der Waals surface area contributed by atoms with Crippen LogP contribution in [0.1, 0.15) is 5.56 Å². The molecule has 1 aromatic heterocycles. The lowest BCUT2D eigenvalue weighted by Crippen LogP contribution is -2.06. The summed E-state index contributed by atoms with van der Waals surface area (Å²) in [6, 6.07) is 14.2. The molecule has 19 heavy (non-hydrogen) atoms. The van der Waals surface area contributed by atoms with E-state index in [1.165, 1.54) is 5.56 Å². The summed E-state index contributed by atoms with van der Waals surface area (Å²) < 4.78 is 0.714. The van der Waals surface area contributed by atoms with E-state index in [9.17, 15) is 4.79 Å². The van der Waals surface area contributed by atoms with Crippen LogP contribution in [0.5, 0.6) is 0 Å². The maximum atomic E-state index is 12.1. The molecule has 2 nitrogen and oxygen atoms in total. The number of hydrogen-bond donors (Lipinski definition) is 1. The minimum atomic E-state index is 0.0864. The number of pyridine rings is 1. The Morgan fingerprint density at radius 2 is 1.79 bits per heavy atom. The van der Waals surface area contributed by atoms with Crippen LogP contribution in [0, 0.1) is 10.5 Å². The van der Waals surface area contributed by atoms with Crippen LogP contribution in [0.15, 0.2) is 53.5 Å². The number of H-pyrrole nitrogens is 1. The highest BCUT2D eigenvalue weighted by atomic mass is 127. The van der Waals surface area contributed by atoms with Crippen molar-refractivity contribution in [1.29, 1.82) is 0 Å². The van der Waals surface area contributed by atoms with Gasteiger partial charge in [0.2, 0.25) is 5.43 Å². The van der Waals surface area contributed by atoms with Crippen LogP contribution < -0.4 is 5.43 Å². The number of aryl methyl sites for hydroxylation is 1. The molecule has 0 aliphatic heterocycles. The van der Waals surface area contributed by atoms with E-state index in [2.05, 4.69) is 58.8 Å². The molecule has 3 aromatic rings. The molecule has 3 heteroatoms. The molecule has 94 valence electrons. The van der Waals surface area contributed by atoms with Crippen LogP contribution in [-0.4, -0.2) is 4.98 Å². The average molecular weight is 361 g/mol. The molecule has 0 saturated carbocycles. The summed E-state index contributed by atoms with van der Waals surface area (Å²) in [5.74, 6) is 0. The predicted molar refractivity (Wildman–Crippen MR) is 87.5 cm³/mol. The van der Waals surface area contributed by atoms with Gasteiger partial charge in [0.05, 0.1) is 9.09 Å². The Hall–Kier alpha value is -1.62. The van der Waals surface area contributed by atoms with Crippen LogP contribution in [0.2, 0.25) is 0 Å². The fourth-order valence-corrected chi connectivity index (χ4v) is 2.65. The topological polar surface area (TPSA) is 32.9 Å². The van der Waals surface area contributed by atoms with Crippen molar-refractivity contribution in [3.8, 4) is 11.1 Å². The highest BCUT2D eigenvalue weighted by Gasteiger charge is 2.07. The van der Waals surface area contributed by atoms with Crippen molar-refractivity contribution >= 4 is 33.5 Å². The van der Waals surface area contributed by atoms with Gasteiger partial charge in [-0.05, 0) is 41.1 Å². The molecule has 0 fully saturated rings. The van der Waals surface area contributed by atoms with E-state index in [1.54, 1.807) is 6.20 Å². The quantitative estimate of drug-likeness (QED) is 0.651. The van der Waals surface area contributed by atoms with Crippen molar-refractivity contribution in [3.05, 3.63) is 68.0 Å². The molecular formula is C16H12INO. The second kappa shape index (κ2) is 4.81. The molecule has 0 spiro atoms. The minimum Gasteiger partial charge on any atom is -0.359 e. The van der Waals surface area contributed by atoms with Crippen LogP contribution in [0.3, 0.4) is 0 Å². The van der Waals surface area contributed by atoms with Gasteiger partial charge in [0.1, 0.15) is 0 Å². The van der Waals surface area contributed by atoms with E-state index in [-0.39, 0.29) is 5.43 Å². The molecule has 1 heterocycles. The van der Waals surface area contributed by atoms with Gasteiger partial charge in [-0.2, -0.15) is 0 Å². The van der Waals surface area contributed by atoms with Crippen molar-refractivity contribution in [2.75, 3.05) is 0 Å². The van der Waals surface area contributed by atoms with E-state index >= 15 is 0 Å². The minimum absolute atomic E-state index is 0.0864. The first kappa shape index (κ1) is 12.4. The summed E-state index contributed by atoms with van der Waals surface area (Å²) in [6.07, 6.45) is 1.77. The standard InChI is InChI=1S/C16H12INO/c1-10-5-7-11(8-6-10)12-3-2-4-13-15(12)18-9-14(17)16(13)19/h2-9H,1H3,(H,18,19). The Kier molecular flexibility index (Phi) is 3.14. The number of aromatic nitrogens is 1. The van der Waals surface area contributed by atoms with Crippen LogP contribution >= 0.6 is 22.6 Å². The third-order valence-corrected chi connectivity index (χ3v) is 4.03. The van der Waals surface area contributed by atoms with Gasteiger partial charge < -0.3 is 4.98 Å². The molecule has 3 rings (SSSR count). The van der Waals surface area contributed by atoms with Crippen molar-refractivity contribution in [2.24, 2.45) is 0 Å². The number of nitrogens with one attached hydrogen (secondary N) is 1. The van der Waals surface area contributed by atoms with Gasteiger partial charge in [-0.15, -0.1) is 0 Å². The number of aromatic amines is 1. The lowest BCUT2D eigenvalue weighted by atomic mass is 10.0. The van der Waals surface area contributed by atoms with Gasteiger partial charge in [0.25, 0.3) is 0 Å². The monoisotopic (exact) mass is 361 g/mol. The fourth-order valence-electron chi connectivity index (χ4n) is 2.20. The fraction of sp³-hybridized carbons (Fsp3) is 0.0625. The maximum absolute atomic E-state index is 12.1. The normalized spacial score (nSPS) is 10.8. The molecule has 0 aliphatic rings. The number of hydrogen-bond acceptors (Lipinski definition) is 1. The Balaban J connectivity index is 2.33. The number of fused-ring (bicyclic) bond motifs is 1. The van der Waals surface area contributed by atoms with Gasteiger partial charge in [-0.1, -0.05) is 42.0 Å². The molecule has 0 bridgehead atoms. The summed E-state index contributed by atoms with van der Waals surface area (Å²) in [6.45, 7) is 2.07. The van der Waals surface area contributed by atoms with E-state index in [0.29, 0.717) is 3.57 Å². The molecule has 0 saturated heterocycles. The Morgan fingerprint density at radius 3 is 2.53 bits per heavy atom. The first-order valence-corrected chi connectivity index (χ1v) is 7.11.